The summed E-state index contributed by atoms with van der Waals surface area (Å²) in [6.07, 6.45) is 5.61. The first-order valence-corrected chi connectivity index (χ1v) is 14.7. The van der Waals surface area contributed by atoms with Gasteiger partial charge in [-0.05, 0) is 101 Å². The molecule has 0 unspecified atom stereocenters. The molecule has 0 bridgehead atoms. The van der Waals surface area contributed by atoms with Gasteiger partial charge in [-0.3, -0.25) is 4.79 Å². The number of benzene rings is 1. The molecule has 0 saturated heterocycles. The van der Waals surface area contributed by atoms with Gasteiger partial charge in [0.1, 0.15) is 11.4 Å². The Morgan fingerprint density at radius 3 is 2.45 bits per heavy atom. The lowest BCUT2D eigenvalue weighted by Crippen LogP contribution is -2.39. The zero-order chi connectivity index (χ0) is 27.1. The molecule has 38 heavy (non-hydrogen) atoms. The molecule has 3 saturated carbocycles. The van der Waals surface area contributed by atoms with Gasteiger partial charge in [0.05, 0.1) is 15.8 Å². The van der Waals surface area contributed by atoms with E-state index in [1.165, 1.54) is 0 Å². The SMILES string of the molecule is CC1(NS(=O)(=O)c2cc(C3=CCN(C(=O)OC(C)(C)C)CC3)c3ccc(NC(=O)C45CC4C5)nc3c2)CC1. The number of carbonyl (C=O) groups is 2. The second-order valence-electron chi connectivity index (χ2n) is 12.5. The first kappa shape index (κ1) is 25.3. The van der Waals surface area contributed by atoms with Crippen LogP contribution in [0.3, 0.4) is 0 Å². The summed E-state index contributed by atoms with van der Waals surface area (Å²) in [6, 6.07) is 6.93. The number of amides is 2. The summed E-state index contributed by atoms with van der Waals surface area (Å²) < 4.78 is 35.0. The number of ether oxygens (including phenoxy) is 1. The molecule has 2 heterocycles. The smallest absolute Gasteiger partial charge is 0.410 e. The predicted octanol–water partition coefficient (Wildman–Crippen LogP) is 4.44. The Hall–Kier alpha value is -2.98. The van der Waals surface area contributed by atoms with Crippen molar-refractivity contribution in [3.8, 4) is 0 Å². The van der Waals surface area contributed by atoms with E-state index in [2.05, 4.69) is 15.0 Å². The van der Waals surface area contributed by atoms with Crippen molar-refractivity contribution in [1.29, 1.82) is 0 Å². The Kier molecular flexibility index (Phi) is 5.50. The van der Waals surface area contributed by atoms with Crippen LogP contribution in [0.2, 0.25) is 0 Å². The molecular weight excluding hydrogens is 504 g/mol. The van der Waals surface area contributed by atoms with Crippen LogP contribution < -0.4 is 10.0 Å². The lowest BCUT2D eigenvalue weighted by Gasteiger charge is -2.30. The molecule has 3 fully saturated rings. The lowest BCUT2D eigenvalue weighted by atomic mass is 9.95. The molecule has 1 aromatic heterocycles. The van der Waals surface area contributed by atoms with Gasteiger partial charge in [-0.1, -0.05) is 6.08 Å². The topological polar surface area (TPSA) is 118 Å². The van der Waals surface area contributed by atoms with E-state index in [4.69, 9.17) is 4.74 Å². The number of sulfonamides is 1. The van der Waals surface area contributed by atoms with Crippen molar-refractivity contribution >= 4 is 44.3 Å². The Morgan fingerprint density at radius 1 is 1.16 bits per heavy atom. The number of rotatable bonds is 6. The van der Waals surface area contributed by atoms with Crippen LogP contribution in [-0.4, -0.2) is 54.5 Å². The summed E-state index contributed by atoms with van der Waals surface area (Å²) in [4.78, 5) is 31.6. The number of aromatic nitrogens is 1. The average molecular weight is 539 g/mol. The summed E-state index contributed by atoms with van der Waals surface area (Å²) in [6.45, 7) is 8.23. The maximum Gasteiger partial charge on any atom is 0.410 e. The van der Waals surface area contributed by atoms with Gasteiger partial charge in [-0.25, -0.2) is 22.9 Å². The molecule has 202 valence electrons. The van der Waals surface area contributed by atoms with E-state index in [0.717, 1.165) is 42.2 Å². The Balaban J connectivity index is 1.34. The largest absolute Gasteiger partial charge is 0.444 e. The molecular formula is C28H34N4O5S. The number of carbonyl (C=O) groups excluding carboxylic acids is 2. The highest BCUT2D eigenvalue weighted by molar-refractivity contribution is 7.89. The van der Waals surface area contributed by atoms with Crippen molar-refractivity contribution in [1.82, 2.24) is 14.6 Å². The molecule has 3 aliphatic carbocycles. The van der Waals surface area contributed by atoms with Crippen LogP contribution >= 0.6 is 0 Å². The minimum Gasteiger partial charge on any atom is -0.444 e. The molecule has 1 aliphatic heterocycles. The lowest BCUT2D eigenvalue weighted by molar-refractivity contribution is -0.119. The van der Waals surface area contributed by atoms with Crippen LogP contribution in [0.4, 0.5) is 10.6 Å². The van der Waals surface area contributed by atoms with Crippen molar-refractivity contribution < 1.29 is 22.7 Å². The zero-order valence-electron chi connectivity index (χ0n) is 22.3. The van der Waals surface area contributed by atoms with Crippen LogP contribution in [0, 0.1) is 11.3 Å². The third-order valence-electron chi connectivity index (χ3n) is 8.05. The van der Waals surface area contributed by atoms with Crippen molar-refractivity contribution in [2.45, 2.75) is 75.8 Å². The molecule has 2 amide bonds. The highest BCUT2D eigenvalue weighted by atomic mass is 32.2. The van der Waals surface area contributed by atoms with Crippen LogP contribution in [0.1, 0.15) is 65.4 Å². The third kappa shape index (κ3) is 4.80. The second kappa shape index (κ2) is 8.26. The van der Waals surface area contributed by atoms with Crippen LogP contribution in [0.25, 0.3) is 16.5 Å². The fourth-order valence-electron chi connectivity index (χ4n) is 5.09. The first-order chi connectivity index (χ1) is 17.8. The standard InChI is InChI=1S/C28H34N4O5S/c1-26(2,3)37-25(34)32-11-7-17(8-12-32)21-13-19(38(35,36)31-27(4)9-10-27)14-22-20(21)5-6-23(29-22)30-24(33)28-15-18(28)16-28/h5-7,13-14,18,31H,8-12,15-16H2,1-4H3,(H,29,30,33). The Morgan fingerprint density at radius 2 is 1.87 bits per heavy atom. The highest BCUT2D eigenvalue weighted by Gasteiger charge is 2.74. The normalized spacial score (nSPS) is 25.3. The summed E-state index contributed by atoms with van der Waals surface area (Å²) in [5.74, 6) is 0.935. The summed E-state index contributed by atoms with van der Waals surface area (Å²) in [5, 5.41) is 3.73. The highest BCUT2D eigenvalue weighted by Crippen LogP contribution is 2.75. The average Bonchev–Trinajstić information content (AvgIpc) is 3.74. The van der Waals surface area contributed by atoms with Gasteiger partial charge in [-0.2, -0.15) is 0 Å². The van der Waals surface area contributed by atoms with Crippen molar-refractivity contribution in [3.63, 3.8) is 0 Å². The van der Waals surface area contributed by atoms with Crippen molar-refractivity contribution in [2.75, 3.05) is 18.4 Å². The van der Waals surface area contributed by atoms with E-state index >= 15 is 0 Å². The molecule has 0 radical (unpaired) electrons. The molecule has 2 aromatic rings. The maximum atomic E-state index is 13.4. The van der Waals surface area contributed by atoms with E-state index in [1.54, 1.807) is 23.1 Å². The summed E-state index contributed by atoms with van der Waals surface area (Å²) in [5.41, 5.74) is 1.02. The monoisotopic (exact) mass is 538 g/mol. The van der Waals surface area contributed by atoms with Gasteiger partial charge in [0.25, 0.3) is 0 Å². The molecule has 4 aliphatic rings. The van der Waals surface area contributed by atoms with Crippen LogP contribution in [-0.2, 0) is 19.6 Å². The van der Waals surface area contributed by atoms with E-state index in [-0.39, 0.29) is 22.3 Å². The number of nitrogens with one attached hydrogen (secondary N) is 2. The minimum absolute atomic E-state index is 0.00102. The predicted molar refractivity (Wildman–Crippen MR) is 144 cm³/mol. The summed E-state index contributed by atoms with van der Waals surface area (Å²) >= 11 is 0. The van der Waals surface area contributed by atoms with E-state index in [9.17, 15) is 18.0 Å². The van der Waals surface area contributed by atoms with Gasteiger partial charge < -0.3 is 15.0 Å². The van der Waals surface area contributed by atoms with Crippen LogP contribution in [0.5, 0.6) is 0 Å². The fraction of sp³-hybridized carbons (Fsp3) is 0.536. The number of fused-ring (bicyclic) bond motifs is 2. The number of nitrogens with zero attached hydrogens (tertiary/aromatic N) is 2. The van der Waals surface area contributed by atoms with E-state index < -0.39 is 21.2 Å². The van der Waals surface area contributed by atoms with E-state index in [0.29, 0.717) is 36.8 Å². The molecule has 0 atom stereocenters. The Bertz CT molecular complexity index is 1500. The van der Waals surface area contributed by atoms with Gasteiger partial charge >= 0.3 is 6.09 Å². The number of anilines is 1. The van der Waals surface area contributed by atoms with Crippen molar-refractivity contribution in [3.05, 3.63) is 35.9 Å². The van der Waals surface area contributed by atoms with E-state index in [1.807, 2.05) is 39.8 Å². The third-order valence-corrected chi connectivity index (χ3v) is 9.67. The molecule has 1 aromatic carbocycles. The fourth-order valence-corrected chi connectivity index (χ4v) is 6.60. The molecule has 0 spiro atoms. The van der Waals surface area contributed by atoms with Crippen molar-refractivity contribution in [2.24, 2.45) is 11.3 Å². The first-order valence-electron chi connectivity index (χ1n) is 13.2. The number of hydrogen-bond donors (Lipinski definition) is 2. The minimum atomic E-state index is -3.78. The molecule has 10 heteroatoms. The second-order valence-corrected chi connectivity index (χ2v) is 14.2. The van der Waals surface area contributed by atoms with Gasteiger partial charge in [0.2, 0.25) is 15.9 Å². The number of pyridine rings is 1. The maximum absolute atomic E-state index is 13.4. The Labute approximate surface area is 223 Å². The van der Waals surface area contributed by atoms with Gasteiger partial charge in [0.15, 0.2) is 0 Å². The number of hydrogen-bond acceptors (Lipinski definition) is 6. The quantitative estimate of drug-likeness (QED) is 0.562. The van der Waals surface area contributed by atoms with Gasteiger partial charge in [0, 0.05) is 24.0 Å². The zero-order valence-corrected chi connectivity index (χ0v) is 23.1. The summed E-state index contributed by atoms with van der Waals surface area (Å²) in [7, 11) is -3.78. The van der Waals surface area contributed by atoms with Crippen LogP contribution in [0.15, 0.2) is 35.2 Å². The molecule has 2 N–H and O–H groups in total. The molecule has 6 rings (SSSR count). The molecule has 9 nitrogen and oxygen atoms in total. The van der Waals surface area contributed by atoms with Gasteiger partial charge in [-0.15, -0.1) is 0 Å².